The van der Waals surface area contributed by atoms with Gasteiger partial charge in [-0.3, -0.25) is 9.59 Å². The summed E-state index contributed by atoms with van der Waals surface area (Å²) in [6.07, 6.45) is 3.05. The van der Waals surface area contributed by atoms with Crippen LogP contribution in [0.25, 0.3) is 5.69 Å². The van der Waals surface area contributed by atoms with Gasteiger partial charge in [-0.2, -0.15) is 4.68 Å². The zero-order valence-corrected chi connectivity index (χ0v) is 18.7. The van der Waals surface area contributed by atoms with Crippen LogP contribution in [-0.2, 0) is 14.3 Å². The van der Waals surface area contributed by atoms with E-state index in [1.807, 2.05) is 68.5 Å². The molecule has 3 aliphatic heterocycles. The SMILES string of the molecule is Cc1cccc(C)c1-n1nnnc1[C@H](c1ccccc1)N1C[C@@]23C=C[C@@H](O2)[C@H](C(=O)O)[C@H]3C1=O. The summed E-state index contributed by atoms with van der Waals surface area (Å²) in [5.74, 6) is -2.49. The second-order valence-electron chi connectivity index (χ2n) is 9.21. The molecule has 1 N–H and O–H groups in total. The Balaban J connectivity index is 1.50. The van der Waals surface area contributed by atoms with Crippen molar-refractivity contribution in [1.29, 1.82) is 0 Å². The van der Waals surface area contributed by atoms with Crippen molar-refractivity contribution >= 4 is 11.9 Å². The van der Waals surface area contributed by atoms with Crippen molar-refractivity contribution in [2.45, 2.75) is 31.6 Å². The fraction of sp³-hybridized carbons (Fsp3) is 0.320. The van der Waals surface area contributed by atoms with Crippen molar-refractivity contribution in [3.63, 3.8) is 0 Å². The first kappa shape index (κ1) is 20.7. The molecule has 2 saturated heterocycles. The van der Waals surface area contributed by atoms with E-state index in [0.29, 0.717) is 5.82 Å². The third-order valence-electron chi connectivity index (χ3n) is 7.23. The number of tetrazole rings is 1. The second kappa shape index (κ2) is 7.33. The van der Waals surface area contributed by atoms with Crippen molar-refractivity contribution < 1.29 is 19.4 Å². The molecule has 34 heavy (non-hydrogen) atoms. The Kier molecular flexibility index (Phi) is 4.47. The zero-order chi connectivity index (χ0) is 23.6. The Hall–Kier alpha value is -3.85. The summed E-state index contributed by atoms with van der Waals surface area (Å²) in [6.45, 7) is 4.21. The van der Waals surface area contributed by atoms with Crippen LogP contribution in [0, 0.1) is 25.7 Å². The van der Waals surface area contributed by atoms with Crippen LogP contribution < -0.4 is 0 Å². The topological polar surface area (TPSA) is 110 Å². The number of rotatable bonds is 5. The number of carbonyl (C=O) groups is 2. The number of para-hydroxylation sites is 1. The second-order valence-corrected chi connectivity index (χ2v) is 9.21. The molecule has 0 unspecified atom stereocenters. The Labute approximate surface area is 195 Å². The van der Waals surface area contributed by atoms with E-state index in [2.05, 4.69) is 15.5 Å². The Morgan fingerprint density at radius 1 is 1.15 bits per heavy atom. The molecule has 5 atom stereocenters. The smallest absolute Gasteiger partial charge is 0.310 e. The van der Waals surface area contributed by atoms with E-state index < -0.39 is 35.6 Å². The summed E-state index contributed by atoms with van der Waals surface area (Å²) in [4.78, 5) is 27.6. The largest absolute Gasteiger partial charge is 0.481 e. The maximum atomic E-state index is 13.8. The van der Waals surface area contributed by atoms with Gasteiger partial charge >= 0.3 is 5.97 Å². The van der Waals surface area contributed by atoms with E-state index in [1.54, 1.807) is 15.7 Å². The predicted molar refractivity (Wildman–Crippen MR) is 120 cm³/mol. The molecule has 2 fully saturated rings. The van der Waals surface area contributed by atoms with Gasteiger partial charge in [0.2, 0.25) is 5.91 Å². The maximum Gasteiger partial charge on any atom is 0.310 e. The van der Waals surface area contributed by atoms with Crippen LogP contribution in [0.15, 0.2) is 60.7 Å². The molecule has 1 spiro atoms. The van der Waals surface area contributed by atoms with Gasteiger partial charge < -0.3 is 14.7 Å². The molecule has 6 rings (SSSR count). The molecule has 9 nitrogen and oxygen atoms in total. The minimum Gasteiger partial charge on any atom is -0.481 e. The molecule has 1 amide bonds. The van der Waals surface area contributed by atoms with Crippen LogP contribution in [0.3, 0.4) is 0 Å². The lowest BCUT2D eigenvalue weighted by Gasteiger charge is -2.29. The Morgan fingerprint density at radius 2 is 1.88 bits per heavy atom. The van der Waals surface area contributed by atoms with Gasteiger partial charge in [-0.1, -0.05) is 60.7 Å². The number of carboxylic acids is 1. The number of aromatic nitrogens is 4. The van der Waals surface area contributed by atoms with Crippen LogP contribution in [0.2, 0.25) is 0 Å². The van der Waals surface area contributed by atoms with Crippen LogP contribution >= 0.6 is 0 Å². The number of carbonyl (C=O) groups excluding carboxylic acids is 1. The molecule has 9 heteroatoms. The lowest BCUT2D eigenvalue weighted by atomic mass is 9.77. The highest BCUT2D eigenvalue weighted by Crippen LogP contribution is 2.53. The number of likely N-dealkylation sites (tertiary alicyclic amines) is 1. The molecule has 2 aromatic carbocycles. The van der Waals surface area contributed by atoms with Crippen LogP contribution in [0.4, 0.5) is 0 Å². The van der Waals surface area contributed by atoms with Gasteiger partial charge in [0.15, 0.2) is 5.82 Å². The molecule has 2 bridgehead atoms. The number of benzene rings is 2. The number of fused-ring (bicyclic) bond motifs is 1. The highest BCUT2D eigenvalue weighted by molar-refractivity contribution is 5.91. The number of ether oxygens (including phenoxy) is 1. The summed E-state index contributed by atoms with van der Waals surface area (Å²) >= 11 is 0. The van der Waals surface area contributed by atoms with E-state index in [1.165, 1.54) is 0 Å². The number of carboxylic acid groups (broad SMARTS) is 1. The van der Waals surface area contributed by atoms with E-state index in [4.69, 9.17) is 4.74 Å². The first-order chi connectivity index (χ1) is 16.4. The summed E-state index contributed by atoms with van der Waals surface area (Å²) < 4.78 is 7.79. The number of aryl methyl sites for hydroxylation is 2. The quantitative estimate of drug-likeness (QED) is 0.585. The highest BCUT2D eigenvalue weighted by Gasteiger charge is 2.68. The minimum absolute atomic E-state index is 0.229. The van der Waals surface area contributed by atoms with Crippen LogP contribution in [0.5, 0.6) is 0 Å². The third kappa shape index (κ3) is 2.80. The average molecular weight is 457 g/mol. The maximum absolute atomic E-state index is 13.8. The first-order valence-corrected chi connectivity index (χ1v) is 11.2. The van der Waals surface area contributed by atoms with E-state index in [-0.39, 0.29) is 12.5 Å². The number of amides is 1. The minimum atomic E-state index is -1.02. The van der Waals surface area contributed by atoms with Gasteiger partial charge in [0.25, 0.3) is 0 Å². The Bertz CT molecular complexity index is 1320. The monoisotopic (exact) mass is 457 g/mol. The van der Waals surface area contributed by atoms with Gasteiger partial charge in [-0.05, 0) is 41.0 Å². The fourth-order valence-corrected chi connectivity index (χ4v) is 5.80. The normalized spacial score (nSPS) is 27.9. The zero-order valence-electron chi connectivity index (χ0n) is 18.7. The van der Waals surface area contributed by atoms with Crippen LogP contribution in [0.1, 0.15) is 28.6 Å². The lowest BCUT2D eigenvalue weighted by Crippen LogP contribution is -2.39. The van der Waals surface area contributed by atoms with Crippen molar-refractivity contribution in [3.05, 3.63) is 83.2 Å². The van der Waals surface area contributed by atoms with Crippen molar-refractivity contribution in [2.75, 3.05) is 6.54 Å². The molecule has 4 heterocycles. The summed E-state index contributed by atoms with van der Waals surface area (Å²) in [5, 5.41) is 22.5. The first-order valence-electron chi connectivity index (χ1n) is 11.2. The van der Waals surface area contributed by atoms with E-state index in [0.717, 1.165) is 22.4 Å². The summed E-state index contributed by atoms with van der Waals surface area (Å²) in [7, 11) is 0. The van der Waals surface area contributed by atoms with Crippen molar-refractivity contribution in [3.8, 4) is 5.69 Å². The van der Waals surface area contributed by atoms with E-state index >= 15 is 0 Å². The number of hydrogen-bond donors (Lipinski definition) is 1. The number of nitrogens with zero attached hydrogens (tertiary/aromatic N) is 5. The summed E-state index contributed by atoms with van der Waals surface area (Å²) in [6, 6.07) is 14.9. The molecule has 3 aliphatic rings. The van der Waals surface area contributed by atoms with Gasteiger partial charge in [-0.15, -0.1) is 5.10 Å². The molecular weight excluding hydrogens is 434 g/mol. The van der Waals surface area contributed by atoms with Gasteiger partial charge in [0.1, 0.15) is 17.6 Å². The molecule has 172 valence electrons. The third-order valence-corrected chi connectivity index (χ3v) is 7.23. The molecule has 0 aliphatic carbocycles. The molecular formula is C25H23N5O4. The lowest BCUT2D eigenvalue weighted by molar-refractivity contribution is -0.148. The fourth-order valence-electron chi connectivity index (χ4n) is 5.80. The van der Waals surface area contributed by atoms with Gasteiger partial charge in [-0.25, -0.2) is 0 Å². The number of hydrogen-bond acceptors (Lipinski definition) is 6. The standard InChI is InChI=1S/C25H23N5O4/c1-14-7-6-8-15(2)20(14)30-22(26-27-28-30)21(16-9-4-3-5-10-16)29-13-25-12-11-17(34-25)18(24(32)33)19(25)23(29)31/h3-12,17-19,21H,13H2,1-2H3,(H,32,33)/t17-,18+,19+,21+,25-/m1/s1. The molecule has 0 radical (unpaired) electrons. The van der Waals surface area contributed by atoms with Gasteiger partial charge in [0, 0.05) is 0 Å². The Morgan fingerprint density at radius 3 is 2.59 bits per heavy atom. The number of aliphatic carboxylic acids is 1. The highest BCUT2D eigenvalue weighted by atomic mass is 16.5. The molecule has 1 aromatic heterocycles. The molecule has 0 saturated carbocycles. The van der Waals surface area contributed by atoms with Gasteiger partial charge in [0.05, 0.1) is 24.3 Å². The molecule has 3 aromatic rings. The van der Waals surface area contributed by atoms with Crippen molar-refractivity contribution in [2.24, 2.45) is 11.8 Å². The average Bonchev–Trinajstić information content (AvgIpc) is 3.57. The van der Waals surface area contributed by atoms with Crippen LogP contribution in [-0.4, -0.2) is 60.3 Å². The predicted octanol–water partition coefficient (Wildman–Crippen LogP) is 2.24. The van der Waals surface area contributed by atoms with Crippen molar-refractivity contribution in [1.82, 2.24) is 25.1 Å². The summed E-state index contributed by atoms with van der Waals surface area (Å²) in [5.41, 5.74) is 2.74. The van der Waals surface area contributed by atoms with E-state index in [9.17, 15) is 14.7 Å².